The molecule has 0 saturated heterocycles. The molecule has 2 aromatic rings. The van der Waals surface area contributed by atoms with E-state index in [1.165, 1.54) is 10.9 Å². The van der Waals surface area contributed by atoms with Crippen molar-refractivity contribution in [1.82, 2.24) is 10.3 Å². The Labute approximate surface area is 89.7 Å². The summed E-state index contributed by atoms with van der Waals surface area (Å²) in [6, 6.07) is 6.45. The monoisotopic (exact) mass is 203 g/mol. The normalized spacial score (nSPS) is 11.4. The fourth-order valence-electron chi connectivity index (χ4n) is 1.66. The minimum atomic E-state index is 0.496. The third-order valence-electron chi connectivity index (χ3n) is 2.49. The second kappa shape index (κ2) is 3.95. The molecule has 15 heavy (non-hydrogen) atoms. The molecule has 2 rings (SSSR count). The number of nitrogens with one attached hydrogen (secondary N) is 2. The van der Waals surface area contributed by atoms with Crippen molar-refractivity contribution in [3.63, 3.8) is 0 Å². The number of aromatic nitrogens is 1. The van der Waals surface area contributed by atoms with Crippen LogP contribution in [0.1, 0.15) is 19.4 Å². The van der Waals surface area contributed by atoms with Gasteiger partial charge in [-0.1, -0.05) is 13.8 Å². The smallest absolute Gasteiger partial charge is 0.0458 e. The molecule has 0 aliphatic rings. The molecule has 0 radical (unpaired) electrons. The molecule has 4 N–H and O–H groups in total. The van der Waals surface area contributed by atoms with E-state index < -0.39 is 0 Å². The Balaban J connectivity index is 2.31. The van der Waals surface area contributed by atoms with Crippen LogP contribution in [0, 0.1) is 0 Å². The van der Waals surface area contributed by atoms with Crippen LogP contribution in [0.15, 0.2) is 24.4 Å². The molecule has 0 aliphatic carbocycles. The molecule has 0 unspecified atom stereocenters. The topological polar surface area (TPSA) is 53.8 Å². The lowest BCUT2D eigenvalue weighted by Gasteiger charge is -2.06. The van der Waals surface area contributed by atoms with E-state index in [1.807, 2.05) is 24.4 Å². The number of benzene rings is 1. The van der Waals surface area contributed by atoms with Gasteiger partial charge < -0.3 is 16.0 Å². The third kappa shape index (κ3) is 2.13. The number of hydrogen-bond acceptors (Lipinski definition) is 2. The van der Waals surface area contributed by atoms with Crippen molar-refractivity contribution in [2.75, 3.05) is 5.73 Å². The van der Waals surface area contributed by atoms with Crippen LogP contribution in [0.2, 0.25) is 0 Å². The molecule has 1 aromatic carbocycles. The summed E-state index contributed by atoms with van der Waals surface area (Å²) >= 11 is 0. The lowest BCUT2D eigenvalue weighted by Crippen LogP contribution is -2.21. The quantitative estimate of drug-likeness (QED) is 0.670. The van der Waals surface area contributed by atoms with Crippen molar-refractivity contribution in [3.8, 4) is 0 Å². The largest absolute Gasteiger partial charge is 0.399 e. The number of fused-ring (bicyclic) bond motifs is 1. The maximum atomic E-state index is 5.77. The number of rotatable bonds is 3. The molecule has 1 aromatic heterocycles. The summed E-state index contributed by atoms with van der Waals surface area (Å²) in [4.78, 5) is 3.24. The number of aromatic amines is 1. The molecule has 80 valence electrons. The molecule has 3 heteroatoms. The van der Waals surface area contributed by atoms with Crippen molar-refractivity contribution >= 4 is 16.6 Å². The van der Waals surface area contributed by atoms with Gasteiger partial charge in [-0.15, -0.1) is 0 Å². The number of anilines is 1. The molecular formula is C12H17N3. The molecule has 0 bridgehead atoms. The summed E-state index contributed by atoms with van der Waals surface area (Å²) < 4.78 is 0. The first-order valence-corrected chi connectivity index (χ1v) is 5.25. The van der Waals surface area contributed by atoms with Crippen molar-refractivity contribution in [1.29, 1.82) is 0 Å². The summed E-state index contributed by atoms with van der Waals surface area (Å²) in [5.41, 5.74) is 9.00. The average molecular weight is 203 g/mol. The molecule has 0 atom stereocenters. The van der Waals surface area contributed by atoms with E-state index in [0.717, 1.165) is 17.7 Å². The van der Waals surface area contributed by atoms with Gasteiger partial charge in [0.1, 0.15) is 0 Å². The summed E-state index contributed by atoms with van der Waals surface area (Å²) in [5.74, 6) is 0. The van der Waals surface area contributed by atoms with Crippen LogP contribution in [0.5, 0.6) is 0 Å². The van der Waals surface area contributed by atoms with Crippen LogP contribution in [-0.2, 0) is 6.54 Å². The van der Waals surface area contributed by atoms with Gasteiger partial charge in [-0.05, 0) is 23.8 Å². The Morgan fingerprint density at radius 2 is 2.20 bits per heavy atom. The van der Waals surface area contributed by atoms with Crippen molar-refractivity contribution < 1.29 is 0 Å². The van der Waals surface area contributed by atoms with Gasteiger partial charge in [-0.2, -0.15) is 0 Å². The lowest BCUT2D eigenvalue weighted by atomic mass is 10.1. The Bertz CT molecular complexity index is 457. The molecule has 0 amide bonds. The van der Waals surface area contributed by atoms with E-state index in [2.05, 4.69) is 24.1 Å². The molecule has 0 saturated carbocycles. The lowest BCUT2D eigenvalue weighted by molar-refractivity contribution is 0.590. The van der Waals surface area contributed by atoms with E-state index in [9.17, 15) is 0 Å². The van der Waals surface area contributed by atoms with Crippen LogP contribution in [-0.4, -0.2) is 11.0 Å². The highest BCUT2D eigenvalue weighted by atomic mass is 14.9. The van der Waals surface area contributed by atoms with E-state index in [0.29, 0.717) is 6.04 Å². The standard InChI is InChI=1S/C12H17N3/c1-8(2)14-6-9-7-15-12-4-3-10(13)5-11(9)12/h3-5,7-8,14-15H,6,13H2,1-2H3. The predicted octanol–water partition coefficient (Wildman–Crippen LogP) is 2.25. The highest BCUT2D eigenvalue weighted by Gasteiger charge is 2.03. The van der Waals surface area contributed by atoms with Gasteiger partial charge in [0.25, 0.3) is 0 Å². The fraction of sp³-hybridized carbons (Fsp3) is 0.333. The van der Waals surface area contributed by atoms with Crippen LogP contribution in [0.25, 0.3) is 10.9 Å². The third-order valence-corrected chi connectivity index (χ3v) is 2.49. The molecule has 0 aliphatic heterocycles. The summed E-state index contributed by atoms with van der Waals surface area (Å²) in [5, 5.41) is 4.61. The molecule has 3 nitrogen and oxygen atoms in total. The SMILES string of the molecule is CC(C)NCc1c[nH]c2ccc(N)cc12. The highest BCUT2D eigenvalue weighted by molar-refractivity contribution is 5.86. The van der Waals surface area contributed by atoms with Crippen LogP contribution in [0.3, 0.4) is 0 Å². The Hall–Kier alpha value is -1.48. The van der Waals surface area contributed by atoms with E-state index >= 15 is 0 Å². The maximum absolute atomic E-state index is 5.77. The average Bonchev–Trinajstić information content (AvgIpc) is 2.57. The zero-order valence-corrected chi connectivity index (χ0v) is 9.17. The highest BCUT2D eigenvalue weighted by Crippen LogP contribution is 2.20. The van der Waals surface area contributed by atoms with Gasteiger partial charge in [-0.3, -0.25) is 0 Å². The predicted molar refractivity (Wildman–Crippen MR) is 64.7 cm³/mol. The number of nitrogen functional groups attached to an aromatic ring is 1. The van der Waals surface area contributed by atoms with Crippen molar-refractivity contribution in [2.24, 2.45) is 0 Å². The minimum Gasteiger partial charge on any atom is -0.399 e. The first kappa shape index (κ1) is 10.1. The number of H-pyrrole nitrogens is 1. The van der Waals surface area contributed by atoms with Gasteiger partial charge in [0.2, 0.25) is 0 Å². The molecule has 0 spiro atoms. The minimum absolute atomic E-state index is 0.496. The zero-order valence-electron chi connectivity index (χ0n) is 9.17. The first-order chi connectivity index (χ1) is 7.16. The number of nitrogens with two attached hydrogens (primary N) is 1. The van der Waals surface area contributed by atoms with Crippen LogP contribution >= 0.6 is 0 Å². The van der Waals surface area contributed by atoms with Gasteiger partial charge in [-0.25, -0.2) is 0 Å². The summed E-state index contributed by atoms with van der Waals surface area (Å²) in [6.45, 7) is 5.16. The second-order valence-corrected chi connectivity index (χ2v) is 4.15. The van der Waals surface area contributed by atoms with E-state index in [-0.39, 0.29) is 0 Å². The Kier molecular flexibility index (Phi) is 2.64. The Morgan fingerprint density at radius 1 is 1.40 bits per heavy atom. The van der Waals surface area contributed by atoms with Crippen molar-refractivity contribution in [2.45, 2.75) is 26.4 Å². The van der Waals surface area contributed by atoms with Crippen LogP contribution < -0.4 is 11.1 Å². The zero-order chi connectivity index (χ0) is 10.8. The Morgan fingerprint density at radius 3 is 2.93 bits per heavy atom. The van der Waals surface area contributed by atoms with E-state index in [1.54, 1.807) is 0 Å². The summed E-state index contributed by atoms with van der Waals surface area (Å²) in [6.07, 6.45) is 2.04. The van der Waals surface area contributed by atoms with Crippen LogP contribution in [0.4, 0.5) is 5.69 Å². The van der Waals surface area contributed by atoms with Crippen molar-refractivity contribution in [3.05, 3.63) is 30.0 Å². The van der Waals surface area contributed by atoms with Gasteiger partial charge in [0.05, 0.1) is 0 Å². The summed E-state index contributed by atoms with van der Waals surface area (Å²) in [7, 11) is 0. The maximum Gasteiger partial charge on any atom is 0.0458 e. The fourth-order valence-corrected chi connectivity index (χ4v) is 1.66. The molecule has 1 heterocycles. The van der Waals surface area contributed by atoms with Gasteiger partial charge in [0.15, 0.2) is 0 Å². The van der Waals surface area contributed by atoms with Gasteiger partial charge >= 0.3 is 0 Å². The van der Waals surface area contributed by atoms with Gasteiger partial charge in [0, 0.05) is 35.4 Å². The molecule has 0 fully saturated rings. The first-order valence-electron chi connectivity index (χ1n) is 5.25. The number of hydrogen-bond donors (Lipinski definition) is 3. The second-order valence-electron chi connectivity index (χ2n) is 4.15. The van der Waals surface area contributed by atoms with E-state index in [4.69, 9.17) is 5.73 Å². The molecular weight excluding hydrogens is 186 g/mol.